The van der Waals surface area contributed by atoms with Gasteiger partial charge in [0.15, 0.2) is 0 Å². The van der Waals surface area contributed by atoms with Crippen molar-refractivity contribution < 1.29 is 14.3 Å². The summed E-state index contributed by atoms with van der Waals surface area (Å²) in [4.78, 5) is 28.2. The van der Waals surface area contributed by atoms with Gasteiger partial charge in [-0.1, -0.05) is 13.8 Å². The van der Waals surface area contributed by atoms with Gasteiger partial charge in [-0.2, -0.15) is 0 Å². The molecule has 22 heavy (non-hydrogen) atoms. The van der Waals surface area contributed by atoms with Crippen molar-refractivity contribution in [3.8, 4) is 0 Å². The topological polar surface area (TPSA) is 80.3 Å². The minimum atomic E-state index is -0.620. The second kappa shape index (κ2) is 8.12. The quantitative estimate of drug-likeness (QED) is 0.840. The van der Waals surface area contributed by atoms with Gasteiger partial charge in [0.25, 0.3) is 0 Å². The van der Waals surface area contributed by atoms with Crippen molar-refractivity contribution >= 4 is 23.3 Å². The maximum atomic E-state index is 12.2. The average Bonchev–Trinajstić information content (AvgIpc) is 2.86. The first-order valence-electron chi connectivity index (χ1n) is 7.33. The maximum Gasteiger partial charge on any atom is 0.408 e. The van der Waals surface area contributed by atoms with E-state index in [1.54, 1.807) is 26.3 Å². The fourth-order valence-corrected chi connectivity index (χ4v) is 2.35. The van der Waals surface area contributed by atoms with Crippen LogP contribution in [0.15, 0.2) is 10.9 Å². The van der Waals surface area contributed by atoms with Crippen molar-refractivity contribution in [1.82, 2.24) is 15.6 Å². The molecule has 0 saturated carbocycles. The number of nitrogens with one attached hydrogen (secondary N) is 2. The number of rotatable bonds is 6. The standard InChI is InChI=1S/C15H25N3O3S/c1-10(2)12(18-14(20)21-15(3,4)5)13(19)16-7-6-11-8-22-9-17-11/h8-10,12H,6-7H2,1-5H3,(H,16,19)(H,18,20). The van der Waals surface area contributed by atoms with E-state index in [-0.39, 0.29) is 11.8 Å². The van der Waals surface area contributed by atoms with E-state index in [1.165, 1.54) is 11.3 Å². The summed E-state index contributed by atoms with van der Waals surface area (Å²) in [6.07, 6.45) is 0.0906. The number of nitrogens with zero attached hydrogens (tertiary/aromatic N) is 1. The van der Waals surface area contributed by atoms with Gasteiger partial charge >= 0.3 is 6.09 Å². The highest BCUT2D eigenvalue weighted by Crippen LogP contribution is 2.09. The van der Waals surface area contributed by atoms with Gasteiger partial charge in [-0.05, 0) is 26.7 Å². The Bertz CT molecular complexity index is 481. The summed E-state index contributed by atoms with van der Waals surface area (Å²) < 4.78 is 5.19. The molecule has 7 heteroatoms. The van der Waals surface area contributed by atoms with E-state index >= 15 is 0 Å². The molecule has 124 valence electrons. The van der Waals surface area contributed by atoms with Crippen LogP contribution in [0.4, 0.5) is 4.79 Å². The molecule has 0 aliphatic heterocycles. The lowest BCUT2D eigenvalue weighted by Crippen LogP contribution is -2.51. The van der Waals surface area contributed by atoms with E-state index in [0.29, 0.717) is 13.0 Å². The second-order valence-corrected chi connectivity index (χ2v) is 7.11. The SMILES string of the molecule is CC(C)C(NC(=O)OC(C)(C)C)C(=O)NCCc1cscn1. The number of hydrogen-bond donors (Lipinski definition) is 2. The minimum absolute atomic E-state index is 0.0354. The van der Waals surface area contributed by atoms with Crippen LogP contribution in [0.3, 0.4) is 0 Å². The number of carbonyl (C=O) groups is 2. The molecule has 0 spiro atoms. The first-order chi connectivity index (χ1) is 10.2. The smallest absolute Gasteiger partial charge is 0.408 e. The van der Waals surface area contributed by atoms with Gasteiger partial charge in [-0.25, -0.2) is 9.78 Å². The molecule has 2 amide bonds. The van der Waals surface area contributed by atoms with Crippen LogP contribution in [-0.2, 0) is 16.0 Å². The summed E-state index contributed by atoms with van der Waals surface area (Å²) >= 11 is 1.53. The lowest BCUT2D eigenvalue weighted by molar-refractivity contribution is -0.124. The van der Waals surface area contributed by atoms with Crippen molar-refractivity contribution in [3.05, 3.63) is 16.6 Å². The molecule has 0 fully saturated rings. The van der Waals surface area contributed by atoms with Gasteiger partial charge < -0.3 is 15.4 Å². The van der Waals surface area contributed by atoms with E-state index in [9.17, 15) is 9.59 Å². The Morgan fingerprint density at radius 3 is 2.55 bits per heavy atom. The summed E-state index contributed by atoms with van der Waals surface area (Å²) in [5.41, 5.74) is 2.12. The van der Waals surface area contributed by atoms with Crippen LogP contribution in [0.1, 0.15) is 40.3 Å². The number of carbonyl (C=O) groups excluding carboxylic acids is 2. The number of amides is 2. The Labute approximate surface area is 135 Å². The predicted octanol–water partition coefficient (Wildman–Crippen LogP) is 2.35. The average molecular weight is 327 g/mol. The molecule has 1 heterocycles. The van der Waals surface area contributed by atoms with E-state index in [2.05, 4.69) is 15.6 Å². The van der Waals surface area contributed by atoms with E-state index < -0.39 is 17.7 Å². The van der Waals surface area contributed by atoms with Crippen LogP contribution in [0.5, 0.6) is 0 Å². The van der Waals surface area contributed by atoms with Crippen LogP contribution in [0.25, 0.3) is 0 Å². The van der Waals surface area contributed by atoms with Crippen LogP contribution in [0.2, 0.25) is 0 Å². The van der Waals surface area contributed by atoms with E-state index in [1.807, 2.05) is 19.2 Å². The summed E-state index contributed by atoms with van der Waals surface area (Å²) in [5.74, 6) is -0.247. The Balaban J connectivity index is 2.47. The highest BCUT2D eigenvalue weighted by molar-refractivity contribution is 7.07. The molecule has 0 bridgehead atoms. The molecule has 1 aromatic rings. The maximum absolute atomic E-state index is 12.2. The zero-order valence-corrected chi connectivity index (χ0v) is 14.6. The van der Waals surface area contributed by atoms with Crippen molar-refractivity contribution in [1.29, 1.82) is 0 Å². The summed E-state index contributed by atoms with van der Waals surface area (Å²) in [5, 5.41) is 7.41. The molecule has 1 rings (SSSR count). The third-order valence-corrected chi connectivity index (χ3v) is 3.42. The van der Waals surface area contributed by atoms with Gasteiger partial charge in [0.05, 0.1) is 11.2 Å². The van der Waals surface area contributed by atoms with Crippen molar-refractivity contribution in [2.24, 2.45) is 5.92 Å². The fraction of sp³-hybridized carbons (Fsp3) is 0.667. The zero-order chi connectivity index (χ0) is 16.8. The monoisotopic (exact) mass is 327 g/mol. The number of alkyl carbamates (subject to hydrolysis) is 1. The molecule has 0 aliphatic carbocycles. The molecule has 2 N–H and O–H groups in total. The number of thiazole rings is 1. The predicted molar refractivity (Wildman–Crippen MR) is 86.8 cm³/mol. The summed E-state index contributed by atoms with van der Waals surface area (Å²) in [7, 11) is 0. The minimum Gasteiger partial charge on any atom is -0.444 e. The molecule has 0 saturated heterocycles. The van der Waals surface area contributed by atoms with Crippen LogP contribution < -0.4 is 10.6 Å². The van der Waals surface area contributed by atoms with Gasteiger partial charge in [0, 0.05) is 18.3 Å². The number of hydrogen-bond acceptors (Lipinski definition) is 5. The largest absolute Gasteiger partial charge is 0.444 e. The summed E-state index contributed by atoms with van der Waals surface area (Å²) in [6.45, 7) is 9.59. The third kappa shape index (κ3) is 6.89. The highest BCUT2D eigenvalue weighted by atomic mass is 32.1. The van der Waals surface area contributed by atoms with Crippen molar-refractivity contribution in [3.63, 3.8) is 0 Å². The number of ether oxygens (including phenoxy) is 1. The normalized spacial score (nSPS) is 12.8. The van der Waals surface area contributed by atoms with Gasteiger partial charge in [0.1, 0.15) is 11.6 Å². The molecule has 0 aromatic carbocycles. The lowest BCUT2D eigenvalue weighted by atomic mass is 10.0. The highest BCUT2D eigenvalue weighted by Gasteiger charge is 2.26. The molecule has 1 unspecified atom stereocenters. The molecule has 1 atom stereocenters. The molecule has 1 aromatic heterocycles. The Morgan fingerprint density at radius 2 is 2.05 bits per heavy atom. The van der Waals surface area contributed by atoms with Crippen molar-refractivity contribution in [2.45, 2.75) is 52.7 Å². The van der Waals surface area contributed by atoms with Crippen LogP contribution in [-0.4, -0.2) is 35.2 Å². The van der Waals surface area contributed by atoms with E-state index in [0.717, 1.165) is 5.69 Å². The van der Waals surface area contributed by atoms with Crippen LogP contribution >= 0.6 is 11.3 Å². The molecular formula is C15H25N3O3S. The molecule has 6 nitrogen and oxygen atoms in total. The lowest BCUT2D eigenvalue weighted by Gasteiger charge is -2.25. The van der Waals surface area contributed by atoms with Crippen molar-refractivity contribution in [2.75, 3.05) is 6.54 Å². The van der Waals surface area contributed by atoms with Gasteiger partial charge in [0.2, 0.25) is 5.91 Å². The third-order valence-electron chi connectivity index (χ3n) is 2.79. The molecule has 0 aliphatic rings. The Kier molecular flexibility index (Phi) is 6.80. The molecular weight excluding hydrogens is 302 g/mol. The fourth-order valence-electron chi connectivity index (χ4n) is 1.75. The van der Waals surface area contributed by atoms with E-state index in [4.69, 9.17) is 4.74 Å². The first kappa shape index (κ1) is 18.4. The Hall–Kier alpha value is -1.63. The molecule has 0 radical (unpaired) electrons. The second-order valence-electron chi connectivity index (χ2n) is 6.39. The van der Waals surface area contributed by atoms with Gasteiger partial charge in [-0.3, -0.25) is 4.79 Å². The van der Waals surface area contributed by atoms with Crippen LogP contribution in [0, 0.1) is 5.92 Å². The zero-order valence-electron chi connectivity index (χ0n) is 13.8. The summed E-state index contributed by atoms with van der Waals surface area (Å²) in [6, 6.07) is -0.620. The first-order valence-corrected chi connectivity index (χ1v) is 8.27. The number of aromatic nitrogens is 1. The Morgan fingerprint density at radius 1 is 1.36 bits per heavy atom. The van der Waals surface area contributed by atoms with Gasteiger partial charge in [-0.15, -0.1) is 11.3 Å².